The van der Waals surface area contributed by atoms with Gasteiger partial charge in [0.05, 0.1) is 6.10 Å². The molecule has 0 spiro atoms. The lowest BCUT2D eigenvalue weighted by atomic mass is 9.85. The van der Waals surface area contributed by atoms with Gasteiger partial charge < -0.3 is 15.9 Å². The van der Waals surface area contributed by atoms with Crippen molar-refractivity contribution in [2.75, 3.05) is 13.2 Å². The van der Waals surface area contributed by atoms with Crippen LogP contribution in [0, 0.1) is 0 Å². The van der Waals surface area contributed by atoms with Crippen molar-refractivity contribution in [1.82, 2.24) is 0 Å². The lowest BCUT2D eigenvalue weighted by Crippen LogP contribution is -2.19. The van der Waals surface area contributed by atoms with Crippen molar-refractivity contribution in [2.45, 2.75) is 44.1 Å². The molecule has 0 saturated carbocycles. The first kappa shape index (κ1) is 13.5. The van der Waals surface area contributed by atoms with Gasteiger partial charge in [-0.2, -0.15) is 0 Å². The van der Waals surface area contributed by atoms with Crippen molar-refractivity contribution in [1.29, 1.82) is 0 Å². The van der Waals surface area contributed by atoms with Crippen LogP contribution in [0.5, 0.6) is 0 Å². The zero-order valence-electron chi connectivity index (χ0n) is 10.8. The van der Waals surface area contributed by atoms with Gasteiger partial charge in [-0.3, -0.25) is 0 Å². The average Bonchev–Trinajstić information content (AvgIpc) is 2.39. The fourth-order valence-electron chi connectivity index (χ4n) is 2.77. The predicted octanol–water partition coefficient (Wildman–Crippen LogP) is 1.35. The number of aliphatic hydroxyl groups excluding tert-OH is 2. The minimum atomic E-state index is -0.178. The number of aryl methyl sites for hydroxylation is 1. The quantitative estimate of drug-likeness (QED) is 0.738. The molecule has 3 heteroatoms. The molecule has 0 aliphatic heterocycles. The fourth-order valence-corrected chi connectivity index (χ4v) is 2.77. The van der Waals surface area contributed by atoms with E-state index in [1.165, 1.54) is 16.7 Å². The molecule has 0 radical (unpaired) electrons. The molecule has 4 N–H and O–H groups in total. The molecule has 1 aliphatic rings. The van der Waals surface area contributed by atoms with Crippen molar-refractivity contribution in [3.63, 3.8) is 0 Å². The van der Waals surface area contributed by atoms with E-state index in [0.29, 0.717) is 12.5 Å². The largest absolute Gasteiger partial charge is 0.396 e. The molecule has 0 fully saturated rings. The Hall–Kier alpha value is -0.900. The standard InChI is InChI=1S/C15H23NO2/c16-10-14(2-1-7-17)12-3-4-13-9-15(18)6-5-11(13)8-12/h3-4,8,14-15,17-18H,1-2,5-7,9-10,16H2/t14-,15?/m0/s1. The molecule has 1 aliphatic carbocycles. The van der Waals surface area contributed by atoms with Crippen molar-refractivity contribution in [2.24, 2.45) is 5.73 Å². The van der Waals surface area contributed by atoms with Gasteiger partial charge in [-0.05, 0) is 61.3 Å². The second kappa shape index (κ2) is 6.32. The summed E-state index contributed by atoms with van der Waals surface area (Å²) in [6, 6.07) is 6.51. The normalized spacial score (nSPS) is 20.5. The van der Waals surface area contributed by atoms with Crippen LogP contribution in [0.2, 0.25) is 0 Å². The molecule has 2 atom stereocenters. The summed E-state index contributed by atoms with van der Waals surface area (Å²) in [5.74, 6) is 0.342. The molecule has 0 saturated heterocycles. The van der Waals surface area contributed by atoms with Gasteiger partial charge in [0.2, 0.25) is 0 Å². The van der Waals surface area contributed by atoms with Crippen molar-refractivity contribution in [3.05, 3.63) is 34.9 Å². The van der Waals surface area contributed by atoms with Crippen LogP contribution in [0.15, 0.2) is 18.2 Å². The van der Waals surface area contributed by atoms with Crippen LogP contribution in [-0.4, -0.2) is 29.5 Å². The molecule has 3 nitrogen and oxygen atoms in total. The molecular weight excluding hydrogens is 226 g/mol. The third kappa shape index (κ3) is 3.10. The summed E-state index contributed by atoms with van der Waals surface area (Å²) in [6.07, 6.45) is 4.16. The van der Waals surface area contributed by atoms with E-state index in [0.717, 1.165) is 32.1 Å². The molecule has 1 aromatic carbocycles. The maximum Gasteiger partial charge on any atom is 0.0583 e. The number of hydrogen-bond acceptors (Lipinski definition) is 3. The maximum atomic E-state index is 9.65. The molecule has 0 amide bonds. The Kier molecular flexibility index (Phi) is 4.75. The lowest BCUT2D eigenvalue weighted by molar-refractivity contribution is 0.158. The van der Waals surface area contributed by atoms with E-state index in [9.17, 15) is 5.11 Å². The summed E-state index contributed by atoms with van der Waals surface area (Å²) in [5, 5.41) is 18.6. The maximum absolute atomic E-state index is 9.65. The number of hydrogen-bond donors (Lipinski definition) is 3. The van der Waals surface area contributed by atoms with E-state index in [1.807, 2.05) is 0 Å². The molecule has 0 heterocycles. The first-order chi connectivity index (χ1) is 8.74. The van der Waals surface area contributed by atoms with E-state index in [1.54, 1.807) is 0 Å². The van der Waals surface area contributed by atoms with Gasteiger partial charge >= 0.3 is 0 Å². The first-order valence-corrected chi connectivity index (χ1v) is 6.85. The van der Waals surface area contributed by atoms with Gasteiger partial charge in [-0.1, -0.05) is 18.2 Å². The van der Waals surface area contributed by atoms with Crippen LogP contribution in [0.3, 0.4) is 0 Å². The second-order valence-corrected chi connectivity index (χ2v) is 5.22. The average molecular weight is 249 g/mol. The van der Waals surface area contributed by atoms with Crippen LogP contribution >= 0.6 is 0 Å². The number of rotatable bonds is 5. The van der Waals surface area contributed by atoms with E-state index in [-0.39, 0.29) is 12.7 Å². The van der Waals surface area contributed by atoms with Gasteiger partial charge in [0.15, 0.2) is 0 Å². The third-order valence-electron chi connectivity index (χ3n) is 3.90. The Morgan fingerprint density at radius 1 is 1.33 bits per heavy atom. The van der Waals surface area contributed by atoms with E-state index >= 15 is 0 Å². The van der Waals surface area contributed by atoms with Crippen molar-refractivity contribution in [3.8, 4) is 0 Å². The van der Waals surface area contributed by atoms with Gasteiger partial charge in [0.25, 0.3) is 0 Å². The molecule has 1 unspecified atom stereocenters. The predicted molar refractivity (Wildman–Crippen MR) is 72.6 cm³/mol. The topological polar surface area (TPSA) is 66.5 Å². The monoisotopic (exact) mass is 249 g/mol. The number of benzene rings is 1. The zero-order valence-corrected chi connectivity index (χ0v) is 10.8. The lowest BCUT2D eigenvalue weighted by Gasteiger charge is -2.23. The van der Waals surface area contributed by atoms with Crippen LogP contribution in [0.4, 0.5) is 0 Å². The van der Waals surface area contributed by atoms with E-state index < -0.39 is 0 Å². The minimum absolute atomic E-state index is 0.178. The minimum Gasteiger partial charge on any atom is -0.396 e. The summed E-state index contributed by atoms with van der Waals surface area (Å²) in [5.41, 5.74) is 9.74. The number of nitrogens with two attached hydrogens (primary N) is 1. The Bertz CT molecular complexity index is 392. The van der Waals surface area contributed by atoms with Gasteiger partial charge in [0, 0.05) is 6.61 Å². The molecule has 0 bridgehead atoms. The highest BCUT2D eigenvalue weighted by Gasteiger charge is 2.18. The van der Waals surface area contributed by atoms with Crippen molar-refractivity contribution < 1.29 is 10.2 Å². The van der Waals surface area contributed by atoms with Crippen LogP contribution in [-0.2, 0) is 12.8 Å². The van der Waals surface area contributed by atoms with Crippen LogP contribution in [0.25, 0.3) is 0 Å². The van der Waals surface area contributed by atoms with E-state index in [2.05, 4.69) is 18.2 Å². The third-order valence-corrected chi connectivity index (χ3v) is 3.90. The van der Waals surface area contributed by atoms with Crippen LogP contribution in [0.1, 0.15) is 41.9 Å². The Balaban J connectivity index is 2.14. The summed E-state index contributed by atoms with van der Waals surface area (Å²) < 4.78 is 0. The van der Waals surface area contributed by atoms with Crippen molar-refractivity contribution >= 4 is 0 Å². The van der Waals surface area contributed by atoms with Gasteiger partial charge in [-0.15, -0.1) is 0 Å². The Morgan fingerprint density at radius 2 is 2.17 bits per heavy atom. The summed E-state index contributed by atoms with van der Waals surface area (Å²) in [6.45, 7) is 0.856. The summed E-state index contributed by atoms with van der Waals surface area (Å²) >= 11 is 0. The number of fused-ring (bicyclic) bond motifs is 1. The highest BCUT2D eigenvalue weighted by molar-refractivity contribution is 5.36. The fraction of sp³-hybridized carbons (Fsp3) is 0.600. The second-order valence-electron chi connectivity index (χ2n) is 5.22. The Morgan fingerprint density at radius 3 is 2.89 bits per heavy atom. The molecule has 1 aromatic rings. The molecular formula is C15H23NO2. The summed E-state index contributed by atoms with van der Waals surface area (Å²) in [7, 11) is 0. The van der Waals surface area contributed by atoms with E-state index in [4.69, 9.17) is 10.8 Å². The zero-order chi connectivity index (χ0) is 13.0. The molecule has 2 rings (SSSR count). The molecule has 0 aromatic heterocycles. The van der Waals surface area contributed by atoms with Gasteiger partial charge in [-0.25, -0.2) is 0 Å². The highest BCUT2D eigenvalue weighted by Crippen LogP contribution is 2.27. The Labute approximate surface area is 109 Å². The number of aliphatic hydroxyl groups is 2. The smallest absolute Gasteiger partial charge is 0.0583 e. The first-order valence-electron chi connectivity index (χ1n) is 6.85. The summed E-state index contributed by atoms with van der Waals surface area (Å²) in [4.78, 5) is 0. The van der Waals surface area contributed by atoms with Crippen LogP contribution < -0.4 is 5.73 Å². The molecule has 18 heavy (non-hydrogen) atoms. The SMILES string of the molecule is NC[C@H](CCCO)c1ccc2c(c1)CCC(O)C2. The molecule has 100 valence electrons. The highest BCUT2D eigenvalue weighted by atomic mass is 16.3. The van der Waals surface area contributed by atoms with Gasteiger partial charge in [0.1, 0.15) is 0 Å².